The Kier molecular flexibility index (Phi) is 4.00. The molecule has 0 unspecified atom stereocenters. The predicted octanol–water partition coefficient (Wildman–Crippen LogP) is 2.53. The van der Waals surface area contributed by atoms with Crippen molar-refractivity contribution < 1.29 is 9.32 Å². The van der Waals surface area contributed by atoms with E-state index in [1.54, 1.807) is 6.92 Å². The number of likely N-dealkylation sites (tertiary alicyclic amines) is 1. The molecule has 0 N–H and O–H groups in total. The normalized spacial score (nSPS) is 18.7. The van der Waals surface area contributed by atoms with Crippen LogP contribution in [0.3, 0.4) is 0 Å². The molecule has 6 nitrogen and oxygen atoms in total. The first-order valence-electron chi connectivity index (χ1n) is 7.85. The van der Waals surface area contributed by atoms with Crippen LogP contribution in [0, 0.1) is 13.8 Å². The zero-order valence-electron chi connectivity index (χ0n) is 13.4. The third-order valence-electron chi connectivity index (χ3n) is 4.39. The molecule has 3 heterocycles. The van der Waals surface area contributed by atoms with Gasteiger partial charge in [-0.2, -0.15) is 0 Å². The lowest BCUT2D eigenvalue weighted by atomic mass is 10.0. The highest BCUT2D eigenvalue weighted by atomic mass is 16.5. The van der Waals surface area contributed by atoms with Crippen LogP contribution in [0.15, 0.2) is 16.9 Å². The van der Waals surface area contributed by atoms with Gasteiger partial charge in [0.2, 0.25) is 0 Å². The molecule has 0 spiro atoms. The summed E-state index contributed by atoms with van der Waals surface area (Å²) in [7, 11) is 0. The molecule has 3 rings (SSSR count). The van der Waals surface area contributed by atoms with Gasteiger partial charge in [-0.3, -0.25) is 4.79 Å². The third kappa shape index (κ3) is 2.53. The van der Waals surface area contributed by atoms with Gasteiger partial charge in [0.15, 0.2) is 0 Å². The van der Waals surface area contributed by atoms with Crippen LogP contribution < -0.4 is 0 Å². The lowest BCUT2D eigenvalue weighted by Crippen LogP contribution is -2.41. The van der Waals surface area contributed by atoms with E-state index in [0.29, 0.717) is 29.6 Å². The molecule has 2 aromatic heterocycles. The summed E-state index contributed by atoms with van der Waals surface area (Å²) in [5, 5.41) is 3.89. The highest BCUT2D eigenvalue weighted by Crippen LogP contribution is 2.25. The molecule has 0 aromatic carbocycles. The van der Waals surface area contributed by atoms with Crippen LogP contribution in [0.25, 0.3) is 0 Å². The van der Waals surface area contributed by atoms with E-state index in [-0.39, 0.29) is 5.91 Å². The van der Waals surface area contributed by atoms with Crippen LogP contribution >= 0.6 is 0 Å². The first-order chi connectivity index (χ1) is 10.6. The number of nitrogens with zero attached hydrogens (tertiary/aromatic N) is 4. The van der Waals surface area contributed by atoms with Gasteiger partial charge in [-0.25, -0.2) is 4.98 Å². The van der Waals surface area contributed by atoms with E-state index in [4.69, 9.17) is 4.52 Å². The average Bonchev–Trinajstić information content (AvgIpc) is 3.13. The van der Waals surface area contributed by atoms with Crippen LogP contribution in [0.2, 0.25) is 0 Å². The van der Waals surface area contributed by atoms with Crippen molar-refractivity contribution in [2.45, 2.75) is 46.1 Å². The summed E-state index contributed by atoms with van der Waals surface area (Å²) in [6, 6.07) is 0.302. The van der Waals surface area contributed by atoms with Crippen molar-refractivity contribution in [2.24, 2.45) is 0 Å². The Morgan fingerprint density at radius 1 is 1.45 bits per heavy atom. The van der Waals surface area contributed by atoms with Gasteiger partial charge in [0.25, 0.3) is 5.91 Å². The van der Waals surface area contributed by atoms with Crippen LogP contribution in [0.5, 0.6) is 0 Å². The summed E-state index contributed by atoms with van der Waals surface area (Å²) in [4.78, 5) is 19.1. The van der Waals surface area contributed by atoms with Crippen molar-refractivity contribution in [3.8, 4) is 0 Å². The van der Waals surface area contributed by atoms with E-state index < -0.39 is 0 Å². The number of hydrogen-bond acceptors (Lipinski definition) is 4. The van der Waals surface area contributed by atoms with Gasteiger partial charge in [0.05, 0.1) is 11.7 Å². The predicted molar refractivity (Wildman–Crippen MR) is 81.8 cm³/mol. The molecule has 1 atom stereocenters. The molecule has 1 fully saturated rings. The van der Waals surface area contributed by atoms with Gasteiger partial charge in [-0.05, 0) is 26.7 Å². The van der Waals surface area contributed by atoms with Gasteiger partial charge in [-0.15, -0.1) is 0 Å². The number of carbonyl (C=O) groups excluding carboxylic acids is 1. The van der Waals surface area contributed by atoms with Crippen LogP contribution in [-0.2, 0) is 6.42 Å². The maximum atomic E-state index is 12.8. The molecule has 0 radical (unpaired) electrons. The number of aryl methyl sites for hydroxylation is 3. The first-order valence-corrected chi connectivity index (χ1v) is 7.85. The molecule has 1 aliphatic heterocycles. The monoisotopic (exact) mass is 302 g/mol. The largest absolute Gasteiger partial charge is 0.361 e. The number of imidazole rings is 1. The topological polar surface area (TPSA) is 64.2 Å². The number of amides is 1. The summed E-state index contributed by atoms with van der Waals surface area (Å²) in [6.45, 7) is 7.21. The van der Waals surface area contributed by atoms with Crippen LogP contribution in [-0.4, -0.2) is 38.6 Å². The maximum absolute atomic E-state index is 12.8. The Morgan fingerprint density at radius 2 is 2.27 bits per heavy atom. The molecule has 1 aliphatic rings. The zero-order valence-corrected chi connectivity index (χ0v) is 13.4. The summed E-state index contributed by atoms with van der Waals surface area (Å²) in [5.41, 5.74) is 1.28. The van der Waals surface area contributed by atoms with Crippen molar-refractivity contribution >= 4 is 5.91 Å². The Bertz CT molecular complexity index is 654. The highest BCUT2D eigenvalue weighted by Gasteiger charge is 2.29. The minimum Gasteiger partial charge on any atom is -0.361 e. The second kappa shape index (κ2) is 5.94. The Balaban J connectivity index is 1.80. The van der Waals surface area contributed by atoms with Gasteiger partial charge < -0.3 is 14.0 Å². The second-order valence-electron chi connectivity index (χ2n) is 5.85. The number of carbonyl (C=O) groups is 1. The van der Waals surface area contributed by atoms with Gasteiger partial charge >= 0.3 is 0 Å². The van der Waals surface area contributed by atoms with Crippen molar-refractivity contribution in [2.75, 3.05) is 13.1 Å². The molecule has 6 heteroatoms. The number of piperidine rings is 1. The molecular weight excluding hydrogens is 280 g/mol. The van der Waals surface area contributed by atoms with E-state index in [2.05, 4.69) is 21.6 Å². The molecule has 2 aromatic rings. The molecule has 0 saturated carbocycles. The quantitative estimate of drug-likeness (QED) is 0.874. The molecule has 1 saturated heterocycles. The van der Waals surface area contributed by atoms with Crippen molar-refractivity contribution in [3.63, 3.8) is 0 Å². The summed E-state index contributed by atoms with van der Waals surface area (Å²) < 4.78 is 7.35. The maximum Gasteiger partial charge on any atom is 0.259 e. The minimum absolute atomic E-state index is 0.0270. The fraction of sp³-hybridized carbons (Fsp3) is 0.562. The van der Waals surface area contributed by atoms with Gasteiger partial charge in [0.1, 0.15) is 17.1 Å². The van der Waals surface area contributed by atoms with Crippen LogP contribution in [0.1, 0.15) is 53.4 Å². The van der Waals surface area contributed by atoms with Gasteiger partial charge in [-0.1, -0.05) is 12.1 Å². The highest BCUT2D eigenvalue weighted by molar-refractivity contribution is 5.96. The summed E-state index contributed by atoms with van der Waals surface area (Å²) in [5.74, 6) is 1.71. The zero-order chi connectivity index (χ0) is 15.7. The SMILES string of the molecule is CCc1nccn1[C@@H]1CCCN(C(=O)c2c(C)noc2C)C1. The van der Waals surface area contributed by atoms with Crippen LogP contribution in [0.4, 0.5) is 0 Å². The fourth-order valence-electron chi connectivity index (χ4n) is 3.26. The molecule has 22 heavy (non-hydrogen) atoms. The molecule has 1 amide bonds. The number of aromatic nitrogens is 3. The molecule has 118 valence electrons. The second-order valence-corrected chi connectivity index (χ2v) is 5.85. The molecule has 0 bridgehead atoms. The first kappa shape index (κ1) is 14.8. The van der Waals surface area contributed by atoms with E-state index in [1.807, 2.05) is 24.2 Å². The van der Waals surface area contributed by atoms with Crippen molar-refractivity contribution in [3.05, 3.63) is 35.2 Å². The Morgan fingerprint density at radius 3 is 2.95 bits per heavy atom. The number of hydrogen-bond donors (Lipinski definition) is 0. The lowest BCUT2D eigenvalue weighted by molar-refractivity contribution is 0.0675. The summed E-state index contributed by atoms with van der Waals surface area (Å²) >= 11 is 0. The minimum atomic E-state index is 0.0270. The standard InChI is InChI=1S/C16H22N4O2/c1-4-14-17-7-9-20(14)13-6-5-8-19(10-13)16(21)15-11(2)18-22-12(15)3/h7,9,13H,4-6,8,10H2,1-3H3/t13-/m1/s1. The van der Waals surface area contributed by atoms with E-state index in [0.717, 1.165) is 31.6 Å². The molecule has 0 aliphatic carbocycles. The number of rotatable bonds is 3. The van der Waals surface area contributed by atoms with Crippen molar-refractivity contribution in [1.29, 1.82) is 0 Å². The Hall–Kier alpha value is -2.11. The van der Waals surface area contributed by atoms with E-state index in [9.17, 15) is 4.79 Å². The van der Waals surface area contributed by atoms with Crippen molar-refractivity contribution in [1.82, 2.24) is 19.6 Å². The van der Waals surface area contributed by atoms with E-state index >= 15 is 0 Å². The van der Waals surface area contributed by atoms with Gasteiger partial charge in [0, 0.05) is 31.9 Å². The lowest BCUT2D eigenvalue weighted by Gasteiger charge is -2.34. The Labute approximate surface area is 130 Å². The smallest absolute Gasteiger partial charge is 0.259 e. The average molecular weight is 302 g/mol. The fourth-order valence-corrected chi connectivity index (χ4v) is 3.26. The van der Waals surface area contributed by atoms with E-state index in [1.165, 1.54) is 0 Å². The molecular formula is C16H22N4O2. The third-order valence-corrected chi connectivity index (χ3v) is 4.39. The summed E-state index contributed by atoms with van der Waals surface area (Å²) in [6.07, 6.45) is 6.85.